The molecule has 6 heteroatoms. The Balaban J connectivity index is 1.90. The molecule has 5 nitrogen and oxygen atoms in total. The van der Waals surface area contributed by atoms with Crippen LogP contribution in [-0.4, -0.2) is 18.5 Å². The van der Waals surface area contributed by atoms with E-state index in [4.69, 9.17) is 4.74 Å². The monoisotopic (exact) mass is 444 g/mol. The van der Waals surface area contributed by atoms with E-state index in [1.165, 1.54) is 23.0 Å². The van der Waals surface area contributed by atoms with Gasteiger partial charge in [-0.2, -0.15) is 5.26 Å². The predicted octanol–water partition coefficient (Wildman–Crippen LogP) is 6.26. The van der Waals surface area contributed by atoms with Crippen LogP contribution in [0.4, 0.5) is 5.00 Å². The molecule has 0 fully saturated rings. The first-order valence-electron chi connectivity index (χ1n) is 10.3. The summed E-state index contributed by atoms with van der Waals surface area (Å²) in [7, 11) is 0. The molecule has 32 heavy (non-hydrogen) atoms. The Kier molecular flexibility index (Phi) is 7.58. The Morgan fingerprint density at radius 2 is 1.81 bits per heavy atom. The van der Waals surface area contributed by atoms with Gasteiger partial charge in [-0.25, -0.2) is 4.79 Å². The van der Waals surface area contributed by atoms with E-state index in [0.29, 0.717) is 10.9 Å². The third kappa shape index (κ3) is 5.51. The van der Waals surface area contributed by atoms with E-state index < -0.39 is 11.9 Å². The average Bonchev–Trinajstić information content (AvgIpc) is 3.22. The molecule has 0 bridgehead atoms. The molecule has 0 saturated carbocycles. The maximum atomic E-state index is 12.9. The second-order valence-corrected chi connectivity index (χ2v) is 8.44. The van der Waals surface area contributed by atoms with Gasteiger partial charge in [0.15, 0.2) is 0 Å². The maximum absolute atomic E-state index is 12.9. The minimum atomic E-state index is -0.576. The lowest BCUT2D eigenvalue weighted by Gasteiger charge is -2.06. The Hall–Kier alpha value is -3.69. The van der Waals surface area contributed by atoms with E-state index in [0.717, 1.165) is 16.0 Å². The Bertz CT molecular complexity index is 1170. The van der Waals surface area contributed by atoms with Crippen LogP contribution in [-0.2, 0) is 9.53 Å². The van der Waals surface area contributed by atoms with Gasteiger partial charge in [-0.1, -0.05) is 68.4 Å². The lowest BCUT2D eigenvalue weighted by atomic mass is 10.0. The standard InChI is InChI=1S/C26H24N2O3S/c1-4-31-26(30)22-15-23(20-8-6-5-7-9-20)32-25(22)28-24(29)21(16-27)14-18-10-12-19(13-11-18)17(2)3/h5-15,17H,4H2,1-3H3,(H,28,29)/b21-14+. The molecular formula is C26H24N2O3S. The normalized spacial score (nSPS) is 11.2. The van der Waals surface area contributed by atoms with Crippen LogP contribution in [0.25, 0.3) is 16.5 Å². The number of carbonyl (C=O) groups is 2. The van der Waals surface area contributed by atoms with Crippen molar-refractivity contribution in [2.24, 2.45) is 0 Å². The highest BCUT2D eigenvalue weighted by Crippen LogP contribution is 2.36. The van der Waals surface area contributed by atoms with Crippen LogP contribution in [0.15, 0.2) is 66.2 Å². The lowest BCUT2D eigenvalue weighted by molar-refractivity contribution is -0.112. The van der Waals surface area contributed by atoms with Crippen molar-refractivity contribution in [1.82, 2.24) is 0 Å². The zero-order valence-corrected chi connectivity index (χ0v) is 19.0. The molecule has 1 N–H and O–H groups in total. The number of benzene rings is 2. The molecule has 1 aromatic heterocycles. The van der Waals surface area contributed by atoms with Gasteiger partial charge in [-0.3, -0.25) is 4.79 Å². The quantitative estimate of drug-likeness (QED) is 0.265. The largest absolute Gasteiger partial charge is 0.462 e. The number of nitriles is 1. The maximum Gasteiger partial charge on any atom is 0.341 e. The summed E-state index contributed by atoms with van der Waals surface area (Å²) >= 11 is 1.27. The van der Waals surface area contributed by atoms with E-state index in [9.17, 15) is 14.9 Å². The first kappa shape index (κ1) is 23.0. The van der Waals surface area contributed by atoms with Crippen molar-refractivity contribution in [1.29, 1.82) is 5.26 Å². The number of nitrogens with zero attached hydrogens (tertiary/aromatic N) is 1. The molecule has 1 amide bonds. The minimum Gasteiger partial charge on any atom is -0.462 e. The highest BCUT2D eigenvalue weighted by atomic mass is 32.1. The molecule has 0 unspecified atom stereocenters. The number of thiophene rings is 1. The minimum absolute atomic E-state index is 0.0493. The number of hydrogen-bond donors (Lipinski definition) is 1. The number of hydrogen-bond acceptors (Lipinski definition) is 5. The fourth-order valence-corrected chi connectivity index (χ4v) is 4.10. The highest BCUT2D eigenvalue weighted by Gasteiger charge is 2.21. The van der Waals surface area contributed by atoms with Crippen molar-refractivity contribution < 1.29 is 14.3 Å². The molecule has 162 valence electrons. The zero-order chi connectivity index (χ0) is 23.1. The van der Waals surface area contributed by atoms with Crippen LogP contribution in [0.5, 0.6) is 0 Å². The van der Waals surface area contributed by atoms with Gasteiger partial charge in [0.1, 0.15) is 16.6 Å². The first-order valence-corrected chi connectivity index (χ1v) is 11.1. The molecule has 3 aromatic rings. The molecule has 0 aliphatic heterocycles. The lowest BCUT2D eigenvalue weighted by Crippen LogP contribution is -2.15. The number of esters is 1. The summed E-state index contributed by atoms with van der Waals surface area (Å²) in [4.78, 5) is 26.1. The van der Waals surface area contributed by atoms with Crippen molar-refractivity contribution in [2.75, 3.05) is 11.9 Å². The van der Waals surface area contributed by atoms with Gasteiger partial charge in [0, 0.05) is 4.88 Å². The van der Waals surface area contributed by atoms with Crippen molar-refractivity contribution in [3.63, 3.8) is 0 Å². The molecule has 3 rings (SSSR count). The van der Waals surface area contributed by atoms with Crippen LogP contribution < -0.4 is 5.32 Å². The third-order valence-electron chi connectivity index (χ3n) is 4.79. The van der Waals surface area contributed by atoms with Crippen LogP contribution >= 0.6 is 11.3 Å². The smallest absolute Gasteiger partial charge is 0.341 e. The van der Waals surface area contributed by atoms with Crippen LogP contribution in [0.3, 0.4) is 0 Å². The molecule has 0 saturated heterocycles. The van der Waals surface area contributed by atoms with Crippen molar-refractivity contribution in [3.8, 4) is 16.5 Å². The van der Waals surface area contributed by atoms with Gasteiger partial charge in [0.25, 0.3) is 5.91 Å². The average molecular weight is 445 g/mol. The number of rotatable bonds is 7. The zero-order valence-electron chi connectivity index (χ0n) is 18.2. The van der Waals surface area contributed by atoms with Gasteiger partial charge in [0.05, 0.1) is 12.2 Å². The van der Waals surface area contributed by atoms with Crippen LogP contribution in [0, 0.1) is 11.3 Å². The summed E-state index contributed by atoms with van der Waals surface area (Å²) < 4.78 is 5.15. The topological polar surface area (TPSA) is 79.2 Å². The molecule has 0 spiro atoms. The third-order valence-corrected chi connectivity index (χ3v) is 5.89. The van der Waals surface area contributed by atoms with Gasteiger partial charge >= 0.3 is 5.97 Å². The highest BCUT2D eigenvalue weighted by molar-refractivity contribution is 7.20. The van der Waals surface area contributed by atoms with E-state index in [2.05, 4.69) is 19.2 Å². The number of anilines is 1. The second-order valence-electron chi connectivity index (χ2n) is 7.39. The SMILES string of the molecule is CCOC(=O)c1cc(-c2ccccc2)sc1NC(=O)/C(C#N)=C/c1ccc(C(C)C)cc1. The van der Waals surface area contributed by atoms with E-state index in [1.807, 2.05) is 60.7 Å². The second kappa shape index (κ2) is 10.6. The summed E-state index contributed by atoms with van der Waals surface area (Å²) in [6.45, 7) is 6.15. The van der Waals surface area contributed by atoms with Gasteiger partial charge in [-0.05, 0) is 41.7 Å². The molecule has 0 aliphatic rings. The van der Waals surface area contributed by atoms with Crippen molar-refractivity contribution in [2.45, 2.75) is 26.7 Å². The fourth-order valence-electron chi connectivity index (χ4n) is 3.05. The summed E-state index contributed by atoms with van der Waals surface area (Å²) in [6.07, 6.45) is 1.54. The Labute approximate surface area is 192 Å². The molecule has 2 aromatic carbocycles. The molecule has 0 radical (unpaired) electrons. The first-order chi connectivity index (χ1) is 15.4. The fraction of sp³-hybridized carbons (Fsp3) is 0.192. The van der Waals surface area contributed by atoms with Crippen molar-refractivity contribution >= 4 is 34.3 Å². The van der Waals surface area contributed by atoms with E-state index in [-0.39, 0.29) is 17.7 Å². The van der Waals surface area contributed by atoms with Gasteiger partial charge in [0.2, 0.25) is 0 Å². The van der Waals surface area contributed by atoms with Crippen LogP contribution in [0.1, 0.15) is 48.2 Å². The number of carbonyl (C=O) groups excluding carboxylic acids is 2. The van der Waals surface area contributed by atoms with Crippen LogP contribution in [0.2, 0.25) is 0 Å². The Morgan fingerprint density at radius 1 is 1.12 bits per heavy atom. The summed E-state index contributed by atoms with van der Waals surface area (Å²) in [6, 6.07) is 20.9. The van der Waals surface area contributed by atoms with E-state index >= 15 is 0 Å². The van der Waals surface area contributed by atoms with Gasteiger partial charge in [-0.15, -0.1) is 11.3 Å². The van der Waals surface area contributed by atoms with E-state index in [1.54, 1.807) is 13.0 Å². The Morgan fingerprint density at radius 3 is 2.41 bits per heavy atom. The summed E-state index contributed by atoms with van der Waals surface area (Å²) in [5, 5.41) is 12.6. The predicted molar refractivity (Wildman–Crippen MR) is 128 cm³/mol. The summed E-state index contributed by atoms with van der Waals surface area (Å²) in [5.74, 6) is -0.703. The molecule has 0 aliphatic carbocycles. The van der Waals surface area contributed by atoms with Crippen molar-refractivity contribution in [3.05, 3.63) is 82.9 Å². The van der Waals surface area contributed by atoms with Gasteiger partial charge < -0.3 is 10.1 Å². The number of nitrogens with one attached hydrogen (secondary N) is 1. The molecule has 0 atom stereocenters. The number of ether oxygens (including phenoxy) is 1. The molecule has 1 heterocycles. The summed E-state index contributed by atoms with van der Waals surface area (Å²) in [5.41, 5.74) is 3.07. The number of amides is 1. The molecular weight excluding hydrogens is 420 g/mol.